The molecule has 2 saturated heterocycles. The topological polar surface area (TPSA) is 125 Å². The van der Waals surface area contributed by atoms with Crippen molar-refractivity contribution in [1.82, 2.24) is 15.8 Å². The Labute approximate surface area is 361 Å². The molecule has 1 amide bonds. The number of piperidine rings is 1. The lowest BCUT2D eigenvalue weighted by molar-refractivity contribution is -0.126. The van der Waals surface area contributed by atoms with Crippen molar-refractivity contribution < 1.29 is 37.5 Å². The van der Waals surface area contributed by atoms with Crippen molar-refractivity contribution in [2.45, 2.75) is 96.8 Å². The number of amides is 1. The molecular formula is C50H56F2N4O6. The van der Waals surface area contributed by atoms with Crippen LogP contribution >= 0.6 is 0 Å². The van der Waals surface area contributed by atoms with E-state index in [9.17, 15) is 24.0 Å². The zero-order valence-electron chi connectivity index (χ0n) is 35.5. The molecule has 0 saturated carbocycles. The third kappa shape index (κ3) is 8.16. The Morgan fingerprint density at radius 2 is 1.76 bits per heavy atom. The number of carbonyl (C=O) groups excluding carboxylic acids is 5. The summed E-state index contributed by atoms with van der Waals surface area (Å²) in [5, 5.41) is 4.39. The molecule has 2 fully saturated rings. The number of allylic oxidation sites excluding steroid dienone is 4. The number of aryl methyl sites for hydroxylation is 2. The number of hydrazine groups is 1. The average Bonchev–Trinajstić information content (AvgIpc) is 3.96. The number of hydrogen-bond donors (Lipinski definition) is 2. The summed E-state index contributed by atoms with van der Waals surface area (Å²) in [6.45, 7) is 8.15. The number of carbonyl (C=O) groups is 5. The molecule has 4 aliphatic heterocycles. The first kappa shape index (κ1) is 42.2. The van der Waals surface area contributed by atoms with Crippen molar-refractivity contribution in [2.75, 3.05) is 37.7 Å². The van der Waals surface area contributed by atoms with Crippen LogP contribution in [0, 0.1) is 29.6 Å². The number of rotatable bonds is 13. The van der Waals surface area contributed by atoms with Gasteiger partial charge in [0.15, 0.2) is 17.3 Å². The summed E-state index contributed by atoms with van der Waals surface area (Å²) in [5.74, 6) is -1.65. The number of benzene rings is 2. The van der Waals surface area contributed by atoms with Gasteiger partial charge in [-0.25, -0.2) is 14.2 Å². The van der Waals surface area contributed by atoms with E-state index in [0.29, 0.717) is 85.7 Å². The van der Waals surface area contributed by atoms with Gasteiger partial charge in [0.05, 0.1) is 18.4 Å². The molecule has 326 valence electrons. The van der Waals surface area contributed by atoms with Crippen LogP contribution in [0.15, 0.2) is 71.7 Å². The van der Waals surface area contributed by atoms with Gasteiger partial charge in [-0.2, -0.15) is 0 Å². The van der Waals surface area contributed by atoms with E-state index in [2.05, 4.69) is 28.3 Å². The zero-order chi connectivity index (χ0) is 43.2. The number of alkyl halides is 2. The molecule has 0 aromatic heterocycles. The molecule has 0 radical (unpaired) electrons. The maximum atomic E-state index is 15.0. The van der Waals surface area contributed by atoms with Crippen molar-refractivity contribution in [2.24, 2.45) is 29.6 Å². The molecule has 12 heteroatoms. The second kappa shape index (κ2) is 17.6. The number of ether oxygens (including phenoxy) is 1. The van der Waals surface area contributed by atoms with E-state index >= 15 is 8.78 Å². The highest BCUT2D eigenvalue weighted by molar-refractivity contribution is 6.27. The Kier molecular flexibility index (Phi) is 12.0. The van der Waals surface area contributed by atoms with E-state index in [0.717, 1.165) is 86.4 Å². The summed E-state index contributed by atoms with van der Waals surface area (Å²) >= 11 is 0. The van der Waals surface area contributed by atoms with E-state index in [-0.39, 0.29) is 47.1 Å². The number of Topliss-reactive ketones (excluding diaryl/α,β-unsaturated/α-hetero) is 4. The third-order valence-electron chi connectivity index (χ3n) is 14.5. The van der Waals surface area contributed by atoms with Gasteiger partial charge in [0, 0.05) is 84.5 Å². The molecule has 0 bridgehead atoms. The molecule has 10 nitrogen and oxygen atoms in total. The number of anilines is 1. The van der Waals surface area contributed by atoms with Gasteiger partial charge in [-0.15, -0.1) is 0 Å². The molecule has 62 heavy (non-hydrogen) atoms. The van der Waals surface area contributed by atoms with Gasteiger partial charge in [-0.05, 0) is 136 Å². The summed E-state index contributed by atoms with van der Waals surface area (Å²) in [6, 6.07) is 8.91. The first-order chi connectivity index (χ1) is 29.9. The van der Waals surface area contributed by atoms with Crippen LogP contribution in [0.25, 0.3) is 5.57 Å². The predicted octanol–water partition coefficient (Wildman–Crippen LogP) is 8.18. The van der Waals surface area contributed by atoms with Crippen molar-refractivity contribution in [1.29, 1.82) is 0 Å². The summed E-state index contributed by atoms with van der Waals surface area (Å²) in [6.07, 6.45) is 10.8. The van der Waals surface area contributed by atoms with Crippen LogP contribution in [0.5, 0.6) is 0 Å². The number of hydrogen-bond acceptors (Lipinski definition) is 9. The van der Waals surface area contributed by atoms with Crippen LogP contribution < -0.4 is 15.6 Å². The number of fused-ring (bicyclic) bond motifs is 2. The van der Waals surface area contributed by atoms with Crippen LogP contribution in [0.3, 0.4) is 0 Å². The van der Waals surface area contributed by atoms with Gasteiger partial charge in [-0.3, -0.25) is 24.0 Å². The third-order valence-corrected chi connectivity index (χ3v) is 14.5. The number of unbranched alkanes of at least 4 members (excludes halogenated alkanes) is 1. The highest BCUT2D eigenvalue weighted by atomic mass is 19.3. The van der Waals surface area contributed by atoms with Gasteiger partial charge in [0.1, 0.15) is 5.78 Å². The standard InChI is InChI=1S/C50H56F2N4O6/c1-28-9-12-38(50(61)54-28)46-47(59)37-13-10-30(20-42(37)48(46)60)6-3-4-8-35(58)27-55-26-34(25-53-55)39-22-33-7-5-17-56(44(33)24-43(39)49(51)52)45-23-40(31-15-18-62-19-16-31)36-14-11-32(29(2)57)21-41(36)45/h10,13,20,22-24,26,31-32,38,40,46,49,53H,1,3-9,11-12,14-19,21,25,27H2,2H3,(H,54,61). The Morgan fingerprint density at radius 3 is 2.53 bits per heavy atom. The maximum absolute atomic E-state index is 15.0. The average molecular weight is 847 g/mol. The van der Waals surface area contributed by atoms with Crippen LogP contribution in [0.2, 0.25) is 0 Å². The minimum atomic E-state index is -2.69. The minimum absolute atomic E-state index is 0.0159. The lowest BCUT2D eigenvalue weighted by atomic mass is 9.75. The predicted molar refractivity (Wildman–Crippen MR) is 231 cm³/mol. The van der Waals surface area contributed by atoms with Crippen molar-refractivity contribution >= 4 is 40.3 Å². The molecule has 2 aromatic carbocycles. The summed E-state index contributed by atoms with van der Waals surface area (Å²) in [7, 11) is 0. The Hall–Kier alpha value is -5.07. The quantitative estimate of drug-likeness (QED) is 0.152. The van der Waals surface area contributed by atoms with Gasteiger partial charge >= 0.3 is 0 Å². The molecular weight excluding hydrogens is 791 g/mol. The van der Waals surface area contributed by atoms with Crippen molar-refractivity contribution in [3.8, 4) is 0 Å². The summed E-state index contributed by atoms with van der Waals surface area (Å²) in [4.78, 5) is 67.1. The molecule has 4 unspecified atom stereocenters. The van der Waals surface area contributed by atoms with E-state index in [1.165, 1.54) is 11.1 Å². The fourth-order valence-corrected chi connectivity index (χ4v) is 11.2. The first-order valence-corrected chi connectivity index (χ1v) is 22.6. The molecule has 3 aliphatic carbocycles. The molecule has 9 rings (SSSR count). The second-order valence-electron chi connectivity index (χ2n) is 18.4. The SMILES string of the molecule is C=C1CCC(C2C(=O)c3ccc(CCCCC(=O)CN4C=C(c5cc6c(cc5C(F)F)N(C5=CC(C7CCOCC7)C7=C5CC(C(C)=O)CC7)CCC6)CN4)cc3C2=O)C(=O)N1. The number of nitrogens with one attached hydrogen (secondary N) is 2. The fourth-order valence-electron chi connectivity index (χ4n) is 11.2. The minimum Gasteiger partial charge on any atom is -0.381 e. The largest absolute Gasteiger partial charge is 0.381 e. The van der Waals surface area contributed by atoms with Crippen LogP contribution in [0.4, 0.5) is 14.5 Å². The molecule has 2 N–H and O–H groups in total. The van der Waals surface area contributed by atoms with E-state index in [1.807, 2.05) is 12.1 Å². The summed E-state index contributed by atoms with van der Waals surface area (Å²) < 4.78 is 35.8. The Bertz CT molecular complexity index is 2320. The number of halogens is 2. The highest BCUT2D eigenvalue weighted by Crippen LogP contribution is 2.50. The molecule has 2 aromatic rings. The number of nitrogens with zero attached hydrogens (tertiary/aromatic N) is 2. The van der Waals surface area contributed by atoms with Gasteiger partial charge < -0.3 is 20.0 Å². The number of ketones is 4. The Morgan fingerprint density at radius 1 is 0.952 bits per heavy atom. The van der Waals surface area contributed by atoms with Crippen LogP contribution in [0.1, 0.15) is 127 Å². The second-order valence-corrected chi connectivity index (χ2v) is 18.4. The van der Waals surface area contributed by atoms with Crippen LogP contribution in [-0.2, 0) is 32.0 Å². The highest BCUT2D eigenvalue weighted by Gasteiger charge is 2.47. The van der Waals surface area contributed by atoms with E-state index in [4.69, 9.17) is 4.74 Å². The monoisotopic (exact) mass is 846 g/mol. The van der Waals surface area contributed by atoms with Crippen molar-refractivity contribution in [3.05, 3.63) is 105 Å². The first-order valence-electron chi connectivity index (χ1n) is 22.6. The fraction of sp³-hybridized carbons (Fsp3) is 0.500. The smallest absolute Gasteiger partial charge is 0.264 e. The summed E-state index contributed by atoms with van der Waals surface area (Å²) in [5.41, 5.74) is 12.3. The molecule has 0 spiro atoms. The van der Waals surface area contributed by atoms with Crippen molar-refractivity contribution in [3.63, 3.8) is 0 Å². The van der Waals surface area contributed by atoms with E-state index < -0.39 is 18.3 Å². The van der Waals surface area contributed by atoms with Gasteiger partial charge in [-0.1, -0.05) is 30.4 Å². The Balaban J connectivity index is 0.838. The zero-order valence-corrected chi connectivity index (χ0v) is 35.5. The molecule has 4 heterocycles. The maximum Gasteiger partial charge on any atom is 0.264 e. The normalized spacial score (nSPS) is 25.2. The molecule has 4 atom stereocenters. The van der Waals surface area contributed by atoms with E-state index in [1.54, 1.807) is 36.3 Å². The van der Waals surface area contributed by atoms with Gasteiger partial charge in [0.25, 0.3) is 6.43 Å². The van der Waals surface area contributed by atoms with Gasteiger partial charge in [0.2, 0.25) is 5.91 Å². The van der Waals surface area contributed by atoms with Crippen LogP contribution in [-0.4, -0.2) is 66.9 Å². The lowest BCUT2D eigenvalue weighted by Gasteiger charge is -2.36. The molecule has 7 aliphatic rings. The lowest BCUT2D eigenvalue weighted by Crippen LogP contribution is -2.42.